The SMILES string of the molecule is CC.CC.CC(C)CCO[C@H]1CCC[C@@H](C)O1. The highest BCUT2D eigenvalue weighted by molar-refractivity contribution is 4.61. The Morgan fingerprint density at radius 1 is 1.12 bits per heavy atom. The Morgan fingerprint density at radius 2 is 1.71 bits per heavy atom. The van der Waals surface area contributed by atoms with Crippen LogP contribution in [-0.2, 0) is 9.47 Å². The summed E-state index contributed by atoms with van der Waals surface area (Å²) in [5.41, 5.74) is 0. The van der Waals surface area contributed by atoms with Crippen LogP contribution >= 0.6 is 0 Å². The lowest BCUT2D eigenvalue weighted by Gasteiger charge is -2.27. The number of ether oxygens (including phenoxy) is 2. The topological polar surface area (TPSA) is 18.5 Å². The summed E-state index contributed by atoms with van der Waals surface area (Å²) in [5, 5.41) is 0. The van der Waals surface area contributed by atoms with Crippen LogP contribution in [0.4, 0.5) is 0 Å². The van der Waals surface area contributed by atoms with Crippen LogP contribution in [0.25, 0.3) is 0 Å². The lowest BCUT2D eigenvalue weighted by Crippen LogP contribution is -2.28. The third-order valence-electron chi connectivity index (χ3n) is 2.43. The molecule has 0 unspecified atom stereocenters. The molecule has 0 radical (unpaired) electrons. The molecule has 0 bridgehead atoms. The molecule has 0 amide bonds. The molecule has 0 aromatic heterocycles. The molecule has 2 nitrogen and oxygen atoms in total. The van der Waals surface area contributed by atoms with Crippen molar-refractivity contribution in [3.8, 4) is 0 Å². The molecule has 0 N–H and O–H groups in total. The van der Waals surface area contributed by atoms with Crippen molar-refractivity contribution in [3.63, 3.8) is 0 Å². The molecular formula is C15H34O2. The average molecular weight is 246 g/mol. The molecule has 1 heterocycles. The fourth-order valence-electron chi connectivity index (χ4n) is 1.52. The summed E-state index contributed by atoms with van der Waals surface area (Å²) < 4.78 is 11.3. The van der Waals surface area contributed by atoms with Crippen LogP contribution in [0.15, 0.2) is 0 Å². The van der Waals surface area contributed by atoms with E-state index in [0.29, 0.717) is 6.10 Å². The molecule has 1 rings (SSSR count). The second kappa shape index (κ2) is 14.0. The van der Waals surface area contributed by atoms with Gasteiger partial charge < -0.3 is 9.47 Å². The second-order valence-corrected chi connectivity index (χ2v) is 4.36. The van der Waals surface area contributed by atoms with Crippen molar-refractivity contribution < 1.29 is 9.47 Å². The molecule has 0 spiro atoms. The van der Waals surface area contributed by atoms with E-state index in [2.05, 4.69) is 20.8 Å². The number of hydrogen-bond acceptors (Lipinski definition) is 2. The molecule has 106 valence electrons. The molecule has 0 aromatic carbocycles. The van der Waals surface area contributed by atoms with Crippen LogP contribution in [-0.4, -0.2) is 19.0 Å². The van der Waals surface area contributed by atoms with Gasteiger partial charge >= 0.3 is 0 Å². The smallest absolute Gasteiger partial charge is 0.157 e. The Kier molecular flexibility index (Phi) is 15.8. The molecule has 1 saturated heterocycles. The van der Waals surface area contributed by atoms with E-state index in [9.17, 15) is 0 Å². The highest BCUT2D eigenvalue weighted by Gasteiger charge is 2.19. The summed E-state index contributed by atoms with van der Waals surface area (Å²) in [4.78, 5) is 0. The van der Waals surface area contributed by atoms with E-state index in [1.807, 2.05) is 27.7 Å². The summed E-state index contributed by atoms with van der Waals surface area (Å²) in [6.07, 6.45) is 5.09. The normalized spacial score (nSPS) is 23.3. The van der Waals surface area contributed by atoms with Gasteiger partial charge in [-0.1, -0.05) is 41.5 Å². The Hall–Kier alpha value is -0.0800. The maximum atomic E-state index is 5.65. The molecule has 1 fully saturated rings. The van der Waals surface area contributed by atoms with E-state index >= 15 is 0 Å². The number of hydrogen-bond donors (Lipinski definition) is 0. The van der Waals surface area contributed by atoms with Crippen LogP contribution in [0.1, 0.15) is 74.1 Å². The Labute approximate surface area is 109 Å². The highest BCUT2D eigenvalue weighted by Crippen LogP contribution is 2.19. The van der Waals surface area contributed by atoms with Gasteiger partial charge in [-0.15, -0.1) is 0 Å². The van der Waals surface area contributed by atoms with Crippen LogP contribution in [0.2, 0.25) is 0 Å². The minimum atomic E-state index is 0.0718. The van der Waals surface area contributed by atoms with Crippen molar-refractivity contribution >= 4 is 0 Å². The second-order valence-electron chi connectivity index (χ2n) is 4.36. The predicted molar refractivity (Wildman–Crippen MR) is 76.3 cm³/mol. The molecule has 0 saturated carbocycles. The highest BCUT2D eigenvalue weighted by atomic mass is 16.7. The van der Waals surface area contributed by atoms with Gasteiger partial charge in [-0.3, -0.25) is 0 Å². The quantitative estimate of drug-likeness (QED) is 0.693. The monoisotopic (exact) mass is 246 g/mol. The molecule has 0 aromatic rings. The average Bonchev–Trinajstić information content (AvgIpc) is 2.34. The van der Waals surface area contributed by atoms with Gasteiger partial charge in [0.05, 0.1) is 6.10 Å². The fourth-order valence-corrected chi connectivity index (χ4v) is 1.52. The minimum absolute atomic E-state index is 0.0718. The van der Waals surface area contributed by atoms with Crippen molar-refractivity contribution in [2.24, 2.45) is 5.92 Å². The maximum absolute atomic E-state index is 5.65. The molecular weight excluding hydrogens is 212 g/mol. The summed E-state index contributed by atoms with van der Waals surface area (Å²) in [7, 11) is 0. The zero-order valence-electron chi connectivity index (χ0n) is 13.1. The van der Waals surface area contributed by atoms with Gasteiger partial charge in [0.25, 0.3) is 0 Å². The van der Waals surface area contributed by atoms with Gasteiger partial charge in [-0.25, -0.2) is 0 Å². The lowest BCUT2D eigenvalue weighted by atomic mass is 10.1. The van der Waals surface area contributed by atoms with Crippen LogP contribution in [0.3, 0.4) is 0 Å². The zero-order chi connectivity index (χ0) is 13.7. The predicted octanol–water partition coefficient (Wildman–Crippen LogP) is 5.02. The molecule has 1 aliphatic rings. The van der Waals surface area contributed by atoms with E-state index in [4.69, 9.17) is 9.47 Å². The van der Waals surface area contributed by atoms with Crippen molar-refractivity contribution in [1.29, 1.82) is 0 Å². The van der Waals surface area contributed by atoms with E-state index < -0.39 is 0 Å². The van der Waals surface area contributed by atoms with Crippen LogP contribution in [0.5, 0.6) is 0 Å². The van der Waals surface area contributed by atoms with Crippen LogP contribution in [0, 0.1) is 5.92 Å². The summed E-state index contributed by atoms with van der Waals surface area (Å²) >= 11 is 0. The largest absolute Gasteiger partial charge is 0.353 e. The van der Waals surface area contributed by atoms with Gasteiger partial charge in [0.15, 0.2) is 6.29 Å². The summed E-state index contributed by atoms with van der Waals surface area (Å²) in [6, 6.07) is 0. The first kappa shape index (κ1) is 19.3. The molecule has 17 heavy (non-hydrogen) atoms. The van der Waals surface area contributed by atoms with Crippen molar-refractivity contribution in [2.75, 3.05) is 6.61 Å². The van der Waals surface area contributed by atoms with E-state index in [1.54, 1.807) is 0 Å². The maximum Gasteiger partial charge on any atom is 0.157 e. The van der Waals surface area contributed by atoms with Gasteiger partial charge in [0.2, 0.25) is 0 Å². The minimum Gasteiger partial charge on any atom is -0.353 e. The summed E-state index contributed by atoms with van der Waals surface area (Å²) in [6.45, 7) is 15.4. The fraction of sp³-hybridized carbons (Fsp3) is 1.00. The van der Waals surface area contributed by atoms with Gasteiger partial charge in [-0.2, -0.15) is 0 Å². The van der Waals surface area contributed by atoms with E-state index in [1.165, 1.54) is 12.8 Å². The van der Waals surface area contributed by atoms with Gasteiger partial charge in [-0.05, 0) is 38.5 Å². The first-order valence-electron chi connectivity index (χ1n) is 7.45. The Morgan fingerprint density at radius 3 is 2.18 bits per heavy atom. The van der Waals surface area contributed by atoms with E-state index in [0.717, 1.165) is 25.4 Å². The third kappa shape index (κ3) is 12.2. The van der Waals surface area contributed by atoms with Gasteiger partial charge in [0, 0.05) is 6.61 Å². The first-order valence-corrected chi connectivity index (χ1v) is 7.45. The summed E-state index contributed by atoms with van der Waals surface area (Å²) in [5.74, 6) is 0.723. The molecule has 2 heteroatoms. The Bertz CT molecular complexity index is 135. The lowest BCUT2D eigenvalue weighted by molar-refractivity contribution is -0.190. The molecule has 2 atom stereocenters. The van der Waals surface area contributed by atoms with Crippen molar-refractivity contribution in [2.45, 2.75) is 86.5 Å². The van der Waals surface area contributed by atoms with Gasteiger partial charge in [0.1, 0.15) is 0 Å². The zero-order valence-corrected chi connectivity index (χ0v) is 13.1. The first-order chi connectivity index (χ1) is 8.18. The Balaban J connectivity index is 0. The van der Waals surface area contributed by atoms with Crippen molar-refractivity contribution in [3.05, 3.63) is 0 Å². The molecule has 0 aliphatic carbocycles. The third-order valence-corrected chi connectivity index (χ3v) is 2.43. The van der Waals surface area contributed by atoms with Crippen molar-refractivity contribution in [1.82, 2.24) is 0 Å². The van der Waals surface area contributed by atoms with Crippen LogP contribution < -0.4 is 0 Å². The molecule has 1 aliphatic heterocycles. The van der Waals surface area contributed by atoms with E-state index in [-0.39, 0.29) is 6.29 Å². The number of rotatable bonds is 4. The standard InChI is InChI=1S/C11H22O2.2C2H6/c1-9(2)7-8-12-11-6-4-5-10(3)13-11;2*1-2/h9-11H,4-8H2,1-3H3;2*1-2H3/t10-,11-;;/m1../s1.